The van der Waals surface area contributed by atoms with Crippen LogP contribution in [0.5, 0.6) is 0 Å². The van der Waals surface area contributed by atoms with E-state index in [0.717, 1.165) is 83.1 Å². The lowest BCUT2D eigenvalue weighted by molar-refractivity contribution is 0.0588. The third-order valence-electron chi connectivity index (χ3n) is 11.7. The Morgan fingerprint density at radius 2 is 1.10 bits per heavy atom. The number of hydrogen-bond donors (Lipinski definition) is 0. The summed E-state index contributed by atoms with van der Waals surface area (Å²) in [6, 6.07) is 25.7. The fourth-order valence-electron chi connectivity index (χ4n) is 9.30. The van der Waals surface area contributed by atoms with E-state index in [-0.39, 0.29) is 11.8 Å². The molecule has 0 N–H and O–H groups in total. The lowest BCUT2D eigenvalue weighted by Crippen LogP contribution is -2.46. The minimum Gasteiger partial charge on any atom is -0.335 e. The van der Waals surface area contributed by atoms with Crippen molar-refractivity contribution in [2.45, 2.75) is 75.3 Å². The van der Waals surface area contributed by atoms with Crippen LogP contribution in [-0.2, 0) is 25.7 Å². The summed E-state index contributed by atoms with van der Waals surface area (Å²) in [5.74, 6) is 1.27. The van der Waals surface area contributed by atoms with Gasteiger partial charge >= 0.3 is 0 Å². The number of aliphatic imine (C=N–C) groups is 2. The van der Waals surface area contributed by atoms with Gasteiger partial charge in [-0.25, -0.2) is 0 Å². The summed E-state index contributed by atoms with van der Waals surface area (Å²) >= 11 is 7.18. The predicted octanol–water partition coefficient (Wildman–Crippen LogP) is 9.30. The van der Waals surface area contributed by atoms with Crippen LogP contribution in [0.15, 0.2) is 91.7 Å². The summed E-state index contributed by atoms with van der Waals surface area (Å²) in [7, 11) is 0. The first-order chi connectivity index (χ1) is 24.4. The molecule has 4 heterocycles. The number of carbonyl (C=O) groups is 2. The Labute approximate surface area is 310 Å². The van der Waals surface area contributed by atoms with Gasteiger partial charge in [-0.2, -0.15) is 0 Å². The number of likely N-dealkylation sites (tertiary alicyclic amines) is 2. The van der Waals surface area contributed by atoms with Gasteiger partial charge in [0, 0.05) is 82.4 Å². The molecule has 2 amide bonds. The normalized spacial score (nSPS) is 23.3. The quantitative estimate of drug-likeness (QED) is 0.203. The minimum absolute atomic E-state index is 0.159. The molecule has 0 bridgehead atoms. The molecule has 0 spiro atoms. The smallest absolute Gasteiger partial charge is 0.254 e. The molecular formula is C42H38Br2N4O2. The summed E-state index contributed by atoms with van der Waals surface area (Å²) in [5.41, 5.74) is 11.5. The van der Waals surface area contributed by atoms with E-state index in [1.807, 2.05) is 36.7 Å². The summed E-state index contributed by atoms with van der Waals surface area (Å²) in [4.78, 5) is 39.5. The zero-order chi connectivity index (χ0) is 33.9. The Hall–Kier alpha value is -3.88. The summed E-state index contributed by atoms with van der Waals surface area (Å²) < 4.78 is 2.26. The van der Waals surface area contributed by atoms with Crippen LogP contribution >= 0.6 is 31.9 Å². The summed E-state index contributed by atoms with van der Waals surface area (Å²) in [5, 5.41) is 0. The highest BCUT2D eigenvalue weighted by Gasteiger charge is 2.42. The number of piperidine rings is 2. The summed E-state index contributed by atoms with van der Waals surface area (Å²) in [6.45, 7) is 1.71. The van der Waals surface area contributed by atoms with Crippen LogP contribution in [-0.4, -0.2) is 59.2 Å². The Morgan fingerprint density at radius 3 is 1.72 bits per heavy atom. The lowest BCUT2D eigenvalue weighted by Gasteiger charge is -2.38. The molecule has 4 atom stereocenters. The SMILES string of the molecule is O=C(c1ccc2c(c1)N=CC2)N1CCCC2c3cc(Br)ccc3C[C@@H]21.O=C(c1ccc2c(c1)N=CC2)N1CCCC2c3ccc(Br)cc3C[C@@H]21. The number of benzene rings is 4. The second-order valence-corrected chi connectivity index (χ2v) is 16.3. The van der Waals surface area contributed by atoms with Crippen LogP contribution in [0, 0.1) is 0 Å². The van der Waals surface area contributed by atoms with Gasteiger partial charge in [0.1, 0.15) is 0 Å². The Morgan fingerprint density at radius 1 is 0.580 bits per heavy atom. The Bertz CT molecular complexity index is 2030. The monoisotopic (exact) mass is 788 g/mol. The number of fused-ring (bicyclic) bond motifs is 8. The first-order valence-electron chi connectivity index (χ1n) is 17.9. The van der Waals surface area contributed by atoms with Gasteiger partial charge in [-0.3, -0.25) is 19.6 Å². The molecule has 0 saturated carbocycles. The van der Waals surface area contributed by atoms with Gasteiger partial charge in [0.25, 0.3) is 11.8 Å². The van der Waals surface area contributed by atoms with Crippen LogP contribution in [0.3, 0.4) is 0 Å². The van der Waals surface area contributed by atoms with Crippen molar-refractivity contribution in [2.24, 2.45) is 9.98 Å². The van der Waals surface area contributed by atoms with E-state index in [1.54, 1.807) is 0 Å². The van der Waals surface area contributed by atoms with Gasteiger partial charge in [0.2, 0.25) is 0 Å². The molecule has 4 aromatic rings. The number of carbonyl (C=O) groups excluding carboxylic acids is 2. The Kier molecular flexibility index (Phi) is 8.35. The van der Waals surface area contributed by atoms with Crippen molar-refractivity contribution in [3.8, 4) is 0 Å². The van der Waals surface area contributed by atoms with Crippen molar-refractivity contribution in [2.75, 3.05) is 13.1 Å². The number of halogens is 2. The summed E-state index contributed by atoms with van der Waals surface area (Å²) in [6.07, 6.45) is 12.0. The van der Waals surface area contributed by atoms with E-state index in [1.165, 1.54) is 46.2 Å². The molecule has 8 heteroatoms. The highest BCUT2D eigenvalue weighted by molar-refractivity contribution is 9.10. The maximum absolute atomic E-state index is 13.2. The largest absolute Gasteiger partial charge is 0.335 e. The van der Waals surface area contributed by atoms with Crippen LogP contribution < -0.4 is 0 Å². The van der Waals surface area contributed by atoms with Gasteiger partial charge in [-0.1, -0.05) is 56.1 Å². The van der Waals surface area contributed by atoms with E-state index in [9.17, 15) is 9.59 Å². The molecule has 2 aliphatic carbocycles. The molecule has 252 valence electrons. The van der Waals surface area contributed by atoms with E-state index in [4.69, 9.17) is 0 Å². The fraction of sp³-hybridized carbons (Fsp3) is 0.333. The third-order valence-corrected chi connectivity index (χ3v) is 12.7. The molecule has 4 aliphatic heterocycles. The molecule has 6 aliphatic rings. The number of nitrogens with zero attached hydrogens (tertiary/aromatic N) is 4. The highest BCUT2D eigenvalue weighted by atomic mass is 79.9. The van der Waals surface area contributed by atoms with Crippen molar-refractivity contribution in [3.63, 3.8) is 0 Å². The molecule has 2 unspecified atom stereocenters. The average Bonchev–Trinajstić information content (AvgIpc) is 3.94. The maximum Gasteiger partial charge on any atom is 0.254 e. The predicted molar refractivity (Wildman–Crippen MR) is 206 cm³/mol. The Balaban J connectivity index is 0.000000135. The first-order valence-corrected chi connectivity index (χ1v) is 19.5. The van der Waals surface area contributed by atoms with E-state index in [0.29, 0.717) is 23.9 Å². The molecule has 0 radical (unpaired) electrons. The zero-order valence-corrected chi connectivity index (χ0v) is 31.0. The minimum atomic E-state index is 0.159. The fourth-order valence-corrected chi connectivity index (χ4v) is 10.1. The first kappa shape index (κ1) is 32.1. The number of rotatable bonds is 2. The molecule has 50 heavy (non-hydrogen) atoms. The van der Waals surface area contributed by atoms with Crippen molar-refractivity contribution in [1.29, 1.82) is 0 Å². The van der Waals surface area contributed by atoms with Crippen molar-refractivity contribution in [3.05, 3.63) is 126 Å². The zero-order valence-electron chi connectivity index (χ0n) is 27.8. The van der Waals surface area contributed by atoms with Gasteiger partial charge in [0.15, 0.2) is 0 Å². The standard InChI is InChI=1S/2C21H19BrN2O/c22-16-6-5-14-11-20-17(18(14)12-16)2-1-9-24(20)21(25)15-4-3-13-7-8-23-19(13)10-15;22-16-5-6-17-15(10-16)12-20-18(17)2-1-9-24(20)21(25)14-4-3-13-7-8-23-19(13)11-14/h3-6,8,10,12,17,20H,1-2,7,9,11H2;3-6,8,10-11,18,20H,1-2,7,9,12H2/t17?,20-;18?,20-/m00/s1. The highest BCUT2D eigenvalue weighted by Crippen LogP contribution is 2.45. The van der Waals surface area contributed by atoms with Crippen molar-refractivity contribution >= 4 is 67.5 Å². The van der Waals surface area contributed by atoms with Crippen LogP contribution in [0.2, 0.25) is 0 Å². The van der Waals surface area contributed by atoms with Crippen LogP contribution in [0.25, 0.3) is 0 Å². The van der Waals surface area contributed by atoms with Gasteiger partial charge in [0.05, 0.1) is 11.4 Å². The van der Waals surface area contributed by atoms with Gasteiger partial charge < -0.3 is 9.80 Å². The molecule has 4 aromatic carbocycles. The van der Waals surface area contributed by atoms with E-state index < -0.39 is 0 Å². The van der Waals surface area contributed by atoms with Crippen LogP contribution in [0.4, 0.5) is 11.4 Å². The molecule has 2 saturated heterocycles. The second-order valence-electron chi connectivity index (χ2n) is 14.4. The van der Waals surface area contributed by atoms with Crippen LogP contribution in [0.1, 0.15) is 91.6 Å². The molecule has 2 fully saturated rings. The number of hydrogen-bond acceptors (Lipinski definition) is 4. The van der Waals surface area contributed by atoms with E-state index >= 15 is 0 Å². The van der Waals surface area contributed by atoms with Gasteiger partial charge in [-0.15, -0.1) is 0 Å². The topological polar surface area (TPSA) is 65.3 Å². The van der Waals surface area contributed by atoms with Crippen molar-refractivity contribution < 1.29 is 9.59 Å². The number of amides is 2. The van der Waals surface area contributed by atoms with Gasteiger partial charge in [-0.05, 0) is 120 Å². The molecule has 10 rings (SSSR count). The molecule has 6 nitrogen and oxygen atoms in total. The molecule has 0 aromatic heterocycles. The van der Waals surface area contributed by atoms with E-state index in [2.05, 4.69) is 100 Å². The average molecular weight is 791 g/mol. The maximum atomic E-state index is 13.2. The molecular weight excluding hydrogens is 752 g/mol. The van der Waals surface area contributed by atoms with Crippen molar-refractivity contribution in [1.82, 2.24) is 9.80 Å². The third kappa shape index (κ3) is 5.69. The second kappa shape index (κ2) is 13.0. The lowest BCUT2D eigenvalue weighted by atomic mass is 9.88.